The van der Waals surface area contributed by atoms with Crippen molar-refractivity contribution in [1.82, 2.24) is 5.32 Å². The van der Waals surface area contributed by atoms with E-state index in [9.17, 15) is 13.2 Å². The minimum Gasteiger partial charge on any atom is -0.309 e. The molecule has 1 saturated heterocycles. The third-order valence-electron chi connectivity index (χ3n) is 3.54. The Morgan fingerprint density at radius 3 is 2.71 bits per heavy atom. The standard InChI is InChI=1S/C16H20F3NS/c1-3-5-15(13-6-4-9-20-13)21-14-8-7-12(10-11(14)2)16(17,18)19/h5,7-8,10,13,20H,3-4,6,9H2,1-2H3/b15-5+. The Kier molecular flexibility index (Phi) is 5.38. The van der Waals surface area contributed by atoms with Crippen molar-refractivity contribution in [2.45, 2.75) is 50.2 Å². The number of hydrogen-bond acceptors (Lipinski definition) is 2. The van der Waals surface area contributed by atoms with E-state index in [0.29, 0.717) is 11.6 Å². The Balaban J connectivity index is 2.19. The fourth-order valence-electron chi connectivity index (χ4n) is 2.45. The van der Waals surface area contributed by atoms with Crippen molar-refractivity contribution in [3.63, 3.8) is 0 Å². The minimum atomic E-state index is -4.27. The molecule has 1 unspecified atom stereocenters. The molecule has 1 N–H and O–H groups in total. The van der Waals surface area contributed by atoms with Crippen LogP contribution in [0.1, 0.15) is 37.3 Å². The third-order valence-corrected chi connectivity index (χ3v) is 4.90. The largest absolute Gasteiger partial charge is 0.416 e. The molecule has 21 heavy (non-hydrogen) atoms. The molecular formula is C16H20F3NS. The molecule has 1 heterocycles. The van der Waals surface area contributed by atoms with Gasteiger partial charge in [-0.1, -0.05) is 24.8 Å². The SMILES string of the molecule is CC/C=C(/Sc1ccc(C(F)(F)F)cc1C)C1CCCN1. The van der Waals surface area contributed by atoms with Gasteiger partial charge in [-0.2, -0.15) is 13.2 Å². The molecule has 0 amide bonds. The van der Waals surface area contributed by atoms with Gasteiger partial charge in [0, 0.05) is 15.8 Å². The van der Waals surface area contributed by atoms with Crippen LogP contribution in [0.3, 0.4) is 0 Å². The number of halogens is 3. The van der Waals surface area contributed by atoms with Crippen molar-refractivity contribution in [2.75, 3.05) is 6.54 Å². The average Bonchev–Trinajstić information content (AvgIpc) is 2.93. The molecule has 1 atom stereocenters. The lowest BCUT2D eigenvalue weighted by molar-refractivity contribution is -0.137. The van der Waals surface area contributed by atoms with E-state index in [4.69, 9.17) is 0 Å². The summed E-state index contributed by atoms with van der Waals surface area (Å²) in [6.45, 7) is 4.83. The predicted octanol–water partition coefficient (Wildman–Crippen LogP) is 5.15. The highest BCUT2D eigenvalue weighted by Gasteiger charge is 2.30. The van der Waals surface area contributed by atoms with Crippen LogP contribution in [0.5, 0.6) is 0 Å². The number of alkyl halides is 3. The van der Waals surface area contributed by atoms with Crippen LogP contribution in [-0.2, 0) is 6.18 Å². The molecule has 1 aromatic rings. The summed E-state index contributed by atoms with van der Waals surface area (Å²) in [5.74, 6) is 0. The predicted molar refractivity (Wildman–Crippen MR) is 81.4 cm³/mol. The molecule has 0 spiro atoms. The van der Waals surface area contributed by atoms with Crippen LogP contribution in [-0.4, -0.2) is 12.6 Å². The quantitative estimate of drug-likeness (QED) is 0.771. The first-order valence-electron chi connectivity index (χ1n) is 7.21. The molecule has 0 radical (unpaired) electrons. The third kappa shape index (κ3) is 4.27. The van der Waals surface area contributed by atoms with Crippen molar-refractivity contribution in [3.05, 3.63) is 40.3 Å². The van der Waals surface area contributed by atoms with Gasteiger partial charge in [0.15, 0.2) is 0 Å². The van der Waals surface area contributed by atoms with Gasteiger partial charge >= 0.3 is 6.18 Å². The zero-order chi connectivity index (χ0) is 15.5. The Morgan fingerprint density at radius 2 is 2.19 bits per heavy atom. The number of rotatable bonds is 4. The summed E-state index contributed by atoms with van der Waals surface area (Å²) in [6.07, 6.45) is 1.07. The van der Waals surface area contributed by atoms with Gasteiger partial charge in [-0.15, -0.1) is 0 Å². The summed E-state index contributed by atoms with van der Waals surface area (Å²) in [5, 5.41) is 3.45. The highest BCUT2D eigenvalue weighted by molar-refractivity contribution is 8.03. The fourth-order valence-corrected chi connectivity index (χ4v) is 3.65. The summed E-state index contributed by atoms with van der Waals surface area (Å²) in [7, 11) is 0. The second-order valence-electron chi connectivity index (χ2n) is 5.24. The maximum absolute atomic E-state index is 12.7. The number of hydrogen-bond donors (Lipinski definition) is 1. The van der Waals surface area contributed by atoms with Crippen LogP contribution in [0, 0.1) is 6.92 Å². The molecule has 2 rings (SSSR count). The number of benzene rings is 1. The molecular weight excluding hydrogens is 295 g/mol. The van der Waals surface area contributed by atoms with Crippen LogP contribution in [0.15, 0.2) is 34.1 Å². The van der Waals surface area contributed by atoms with E-state index in [1.165, 1.54) is 17.0 Å². The topological polar surface area (TPSA) is 12.0 Å². The summed E-state index contributed by atoms with van der Waals surface area (Å²) in [5.41, 5.74) is 0.0965. The summed E-state index contributed by atoms with van der Waals surface area (Å²) in [4.78, 5) is 2.12. The van der Waals surface area contributed by atoms with E-state index < -0.39 is 11.7 Å². The van der Waals surface area contributed by atoms with Crippen LogP contribution < -0.4 is 5.32 Å². The molecule has 1 aliphatic rings. The molecule has 0 saturated carbocycles. The molecule has 1 aromatic carbocycles. The van der Waals surface area contributed by atoms with Gasteiger partial charge in [0.05, 0.1) is 5.56 Å². The molecule has 116 valence electrons. The summed E-state index contributed by atoms with van der Waals surface area (Å²) >= 11 is 1.59. The van der Waals surface area contributed by atoms with Crippen LogP contribution >= 0.6 is 11.8 Å². The first-order valence-corrected chi connectivity index (χ1v) is 8.02. The minimum absolute atomic E-state index is 0.344. The van der Waals surface area contributed by atoms with Gasteiger partial charge in [0.25, 0.3) is 0 Å². The molecule has 5 heteroatoms. The molecule has 1 nitrogen and oxygen atoms in total. The summed E-state index contributed by atoms with van der Waals surface area (Å²) < 4.78 is 38.1. The van der Waals surface area contributed by atoms with E-state index in [-0.39, 0.29) is 0 Å². The fraction of sp³-hybridized carbons (Fsp3) is 0.500. The van der Waals surface area contributed by atoms with Gasteiger partial charge in [-0.3, -0.25) is 0 Å². The molecule has 0 aromatic heterocycles. The normalized spacial score (nSPS) is 20.0. The van der Waals surface area contributed by atoms with Crippen LogP contribution in [0.4, 0.5) is 13.2 Å². The van der Waals surface area contributed by atoms with Gasteiger partial charge in [0.1, 0.15) is 0 Å². The monoisotopic (exact) mass is 315 g/mol. The van der Waals surface area contributed by atoms with Crippen molar-refractivity contribution < 1.29 is 13.2 Å². The number of allylic oxidation sites excluding steroid dienone is 1. The number of nitrogens with one attached hydrogen (secondary N) is 1. The van der Waals surface area contributed by atoms with Gasteiger partial charge in [0.2, 0.25) is 0 Å². The number of thioether (sulfide) groups is 1. The van der Waals surface area contributed by atoms with Crippen molar-refractivity contribution >= 4 is 11.8 Å². The average molecular weight is 315 g/mol. The van der Waals surface area contributed by atoms with E-state index in [1.54, 1.807) is 24.8 Å². The van der Waals surface area contributed by atoms with Gasteiger partial charge in [-0.05, 0) is 56.5 Å². The second kappa shape index (κ2) is 6.88. The van der Waals surface area contributed by atoms with Gasteiger partial charge in [-0.25, -0.2) is 0 Å². The first-order chi connectivity index (χ1) is 9.91. The zero-order valence-electron chi connectivity index (χ0n) is 12.3. The van der Waals surface area contributed by atoms with Crippen LogP contribution in [0.2, 0.25) is 0 Å². The molecule has 0 aliphatic carbocycles. The molecule has 0 bridgehead atoms. The van der Waals surface area contributed by atoms with E-state index in [0.717, 1.165) is 30.7 Å². The molecule has 1 fully saturated rings. The Morgan fingerprint density at radius 1 is 1.43 bits per heavy atom. The van der Waals surface area contributed by atoms with E-state index in [1.807, 2.05) is 0 Å². The van der Waals surface area contributed by atoms with Crippen molar-refractivity contribution in [3.8, 4) is 0 Å². The smallest absolute Gasteiger partial charge is 0.309 e. The lowest BCUT2D eigenvalue weighted by Crippen LogP contribution is -2.22. The Hall–Kier alpha value is -0.940. The lowest BCUT2D eigenvalue weighted by Gasteiger charge is -2.17. The van der Waals surface area contributed by atoms with Crippen LogP contribution in [0.25, 0.3) is 0 Å². The first kappa shape index (κ1) is 16.4. The lowest BCUT2D eigenvalue weighted by atomic mass is 10.1. The molecule has 1 aliphatic heterocycles. The maximum atomic E-state index is 12.7. The highest BCUT2D eigenvalue weighted by Crippen LogP contribution is 2.37. The maximum Gasteiger partial charge on any atom is 0.416 e. The number of aryl methyl sites for hydroxylation is 1. The van der Waals surface area contributed by atoms with Crippen molar-refractivity contribution in [1.29, 1.82) is 0 Å². The van der Waals surface area contributed by atoms with E-state index in [2.05, 4.69) is 18.3 Å². The second-order valence-corrected chi connectivity index (χ2v) is 6.36. The zero-order valence-corrected chi connectivity index (χ0v) is 13.1. The Bertz CT molecular complexity index is 517. The highest BCUT2D eigenvalue weighted by atomic mass is 32.2. The van der Waals surface area contributed by atoms with Gasteiger partial charge < -0.3 is 5.32 Å². The Labute approximate surface area is 128 Å². The van der Waals surface area contributed by atoms with E-state index >= 15 is 0 Å². The summed E-state index contributed by atoms with van der Waals surface area (Å²) in [6, 6.07) is 4.33. The van der Waals surface area contributed by atoms with Crippen molar-refractivity contribution in [2.24, 2.45) is 0 Å².